The van der Waals surface area contributed by atoms with Crippen LogP contribution in [0.25, 0.3) is 0 Å². The molecule has 0 aromatic rings. The molecule has 0 aliphatic rings. The van der Waals surface area contributed by atoms with Gasteiger partial charge in [-0.1, -0.05) is 225 Å². The number of unbranched alkanes of at least 4 members (excludes halogenated alkanes) is 36. The maximum atomic E-state index is 5.98. The van der Waals surface area contributed by atoms with Gasteiger partial charge in [-0.15, -0.1) is 0 Å². The van der Waals surface area contributed by atoms with Crippen molar-refractivity contribution < 1.29 is 13.3 Å². The highest BCUT2D eigenvalue weighted by Gasteiger charge is 2.39. The molecule has 0 aromatic heterocycles. The fraction of sp³-hybridized carbons (Fsp3) is 1.00. The van der Waals surface area contributed by atoms with Gasteiger partial charge in [0, 0.05) is 25.9 Å². The highest BCUT2D eigenvalue weighted by atomic mass is 32.1. The van der Waals surface area contributed by atoms with Crippen LogP contribution in [0.15, 0.2) is 0 Å². The molecule has 0 atom stereocenters. The Morgan fingerprint density at radius 1 is 0.260 bits per heavy atom. The Hall–Kier alpha value is 0.447. The monoisotopic (exact) mass is 743 g/mol. The second-order valence-electron chi connectivity index (χ2n) is 15.5. The molecule has 0 saturated heterocycles. The first kappa shape index (κ1) is 50.4. The topological polar surface area (TPSA) is 27.7 Å². The first-order chi connectivity index (χ1) is 24.7. The Bertz CT molecular complexity index is 590. The summed E-state index contributed by atoms with van der Waals surface area (Å²) in [6.45, 7) is 8.20. The summed E-state index contributed by atoms with van der Waals surface area (Å²) in [4.78, 5) is 0. The first-order valence-electron chi connectivity index (χ1n) is 23.3. The minimum Gasteiger partial charge on any atom is -0.374 e. The Morgan fingerprint density at radius 2 is 0.420 bits per heavy atom. The van der Waals surface area contributed by atoms with Crippen molar-refractivity contribution >= 4 is 21.4 Å². The SMILES string of the molecule is CCO[Si](CCCCCCCCCCCCCCCCCCCCCCCCCCCCCCCCCCCCCCCS)(OCC)OCC. The fourth-order valence-corrected chi connectivity index (χ4v) is 10.6. The third kappa shape index (κ3) is 38.2. The molecule has 0 unspecified atom stereocenters. The lowest BCUT2D eigenvalue weighted by atomic mass is 10.0. The van der Waals surface area contributed by atoms with E-state index in [1.54, 1.807) is 0 Å². The van der Waals surface area contributed by atoms with Crippen molar-refractivity contribution in [2.45, 2.75) is 264 Å². The Balaban J connectivity index is 3.20. The van der Waals surface area contributed by atoms with Crippen LogP contribution in [0, 0.1) is 0 Å². The van der Waals surface area contributed by atoms with E-state index >= 15 is 0 Å². The van der Waals surface area contributed by atoms with Gasteiger partial charge in [0.05, 0.1) is 0 Å². The molecule has 0 heterocycles. The summed E-state index contributed by atoms with van der Waals surface area (Å²) in [7, 11) is -2.42. The van der Waals surface area contributed by atoms with Crippen molar-refractivity contribution in [3.05, 3.63) is 0 Å². The standard InChI is InChI=1S/C45H94O3SSi/c1-4-46-50(47-5-2,48-6-3)45-43-41-39-37-35-33-31-29-27-25-23-21-19-17-15-13-11-9-7-8-10-12-14-16-18-20-22-24-26-28-30-32-34-36-38-40-42-44-49/h49H,4-45H2,1-3H3. The average Bonchev–Trinajstić information content (AvgIpc) is 3.11. The van der Waals surface area contributed by atoms with E-state index in [4.69, 9.17) is 13.3 Å². The van der Waals surface area contributed by atoms with E-state index < -0.39 is 8.80 Å². The van der Waals surface area contributed by atoms with Crippen molar-refractivity contribution in [3.63, 3.8) is 0 Å². The summed E-state index contributed by atoms with van der Waals surface area (Å²) in [5, 5.41) is 0. The zero-order chi connectivity index (χ0) is 36.3. The predicted molar refractivity (Wildman–Crippen MR) is 230 cm³/mol. The van der Waals surface area contributed by atoms with Crippen LogP contribution in [0.4, 0.5) is 0 Å². The van der Waals surface area contributed by atoms with Gasteiger partial charge < -0.3 is 13.3 Å². The van der Waals surface area contributed by atoms with E-state index in [1.165, 1.54) is 238 Å². The molecule has 0 aliphatic carbocycles. The predicted octanol–water partition coefficient (Wildman–Crippen LogP) is 16.4. The van der Waals surface area contributed by atoms with Gasteiger partial charge in [-0.25, -0.2) is 0 Å². The first-order valence-corrected chi connectivity index (χ1v) is 25.8. The molecule has 0 N–H and O–H groups in total. The molecular weight excluding hydrogens is 649 g/mol. The molecule has 0 bridgehead atoms. The van der Waals surface area contributed by atoms with Crippen molar-refractivity contribution in [2.75, 3.05) is 25.6 Å². The van der Waals surface area contributed by atoms with Gasteiger partial charge in [0.15, 0.2) is 0 Å². The zero-order valence-corrected chi connectivity index (χ0v) is 36.8. The molecule has 50 heavy (non-hydrogen) atoms. The fourth-order valence-electron chi connectivity index (χ4n) is 7.64. The molecule has 0 amide bonds. The third-order valence-electron chi connectivity index (χ3n) is 10.7. The van der Waals surface area contributed by atoms with Gasteiger partial charge in [-0.05, 0) is 39.4 Å². The summed E-state index contributed by atoms with van der Waals surface area (Å²) in [6, 6.07) is 0.974. The lowest BCUT2D eigenvalue weighted by Gasteiger charge is -2.28. The Labute approximate surface area is 323 Å². The lowest BCUT2D eigenvalue weighted by molar-refractivity contribution is 0.0706. The van der Waals surface area contributed by atoms with Crippen LogP contribution >= 0.6 is 12.6 Å². The summed E-state index contributed by atoms with van der Waals surface area (Å²) in [5.41, 5.74) is 0. The molecule has 3 nitrogen and oxygen atoms in total. The normalized spacial score (nSPS) is 12.0. The molecular formula is C45H94O3SSi. The Morgan fingerprint density at radius 3 is 0.580 bits per heavy atom. The van der Waals surface area contributed by atoms with E-state index in [-0.39, 0.29) is 0 Å². The lowest BCUT2D eigenvalue weighted by Crippen LogP contribution is -2.45. The molecule has 0 radical (unpaired) electrons. The molecule has 0 spiro atoms. The van der Waals surface area contributed by atoms with E-state index in [0.717, 1.165) is 11.8 Å². The van der Waals surface area contributed by atoms with Crippen LogP contribution in [-0.4, -0.2) is 34.4 Å². The summed E-state index contributed by atoms with van der Waals surface area (Å²) < 4.78 is 17.9. The quantitative estimate of drug-likeness (QED) is 0.0382. The van der Waals surface area contributed by atoms with Crippen LogP contribution in [0.1, 0.15) is 258 Å². The molecule has 0 fully saturated rings. The second-order valence-corrected chi connectivity index (χ2v) is 18.7. The van der Waals surface area contributed by atoms with E-state index in [9.17, 15) is 0 Å². The van der Waals surface area contributed by atoms with Gasteiger partial charge in [0.1, 0.15) is 0 Å². The van der Waals surface area contributed by atoms with Crippen LogP contribution in [0.2, 0.25) is 6.04 Å². The molecule has 0 aliphatic heterocycles. The van der Waals surface area contributed by atoms with Crippen molar-refractivity contribution in [3.8, 4) is 0 Å². The van der Waals surface area contributed by atoms with Gasteiger partial charge in [0.25, 0.3) is 0 Å². The van der Waals surface area contributed by atoms with Gasteiger partial charge in [0.2, 0.25) is 0 Å². The van der Waals surface area contributed by atoms with Gasteiger partial charge >= 0.3 is 8.80 Å². The van der Waals surface area contributed by atoms with Gasteiger partial charge in [-0.2, -0.15) is 12.6 Å². The minimum absolute atomic E-state index is 0.686. The average molecular weight is 743 g/mol. The van der Waals surface area contributed by atoms with Crippen molar-refractivity contribution in [1.29, 1.82) is 0 Å². The smallest absolute Gasteiger partial charge is 0.374 e. The van der Waals surface area contributed by atoms with Crippen molar-refractivity contribution in [2.24, 2.45) is 0 Å². The number of hydrogen-bond donors (Lipinski definition) is 1. The molecule has 5 heteroatoms. The number of rotatable bonds is 45. The largest absolute Gasteiger partial charge is 0.500 e. The third-order valence-corrected chi connectivity index (χ3v) is 14.2. The van der Waals surface area contributed by atoms with E-state index in [0.29, 0.717) is 19.8 Å². The van der Waals surface area contributed by atoms with Crippen molar-refractivity contribution in [1.82, 2.24) is 0 Å². The summed E-state index contributed by atoms with van der Waals surface area (Å²) >= 11 is 4.30. The van der Waals surface area contributed by atoms with Crippen LogP contribution in [0.5, 0.6) is 0 Å². The maximum Gasteiger partial charge on any atom is 0.500 e. The van der Waals surface area contributed by atoms with E-state index in [1.807, 2.05) is 20.8 Å². The van der Waals surface area contributed by atoms with Crippen LogP contribution in [0.3, 0.4) is 0 Å². The second kappa shape index (κ2) is 43.8. The van der Waals surface area contributed by atoms with Crippen LogP contribution in [-0.2, 0) is 13.3 Å². The highest BCUT2D eigenvalue weighted by molar-refractivity contribution is 7.80. The minimum atomic E-state index is -2.42. The zero-order valence-electron chi connectivity index (χ0n) is 34.9. The molecule has 0 aromatic carbocycles. The summed E-state index contributed by atoms with van der Waals surface area (Å²) in [5.74, 6) is 1.07. The summed E-state index contributed by atoms with van der Waals surface area (Å²) in [6.07, 6.45) is 53.4. The number of thiol groups is 1. The van der Waals surface area contributed by atoms with Crippen LogP contribution < -0.4 is 0 Å². The maximum absolute atomic E-state index is 5.98. The Kier molecular flexibility index (Phi) is 44.2. The highest BCUT2D eigenvalue weighted by Crippen LogP contribution is 2.22. The van der Waals surface area contributed by atoms with Gasteiger partial charge in [-0.3, -0.25) is 0 Å². The molecule has 0 rings (SSSR count). The molecule has 0 saturated carbocycles. The van der Waals surface area contributed by atoms with E-state index in [2.05, 4.69) is 12.6 Å². The molecule has 302 valence electrons. The number of hydrogen-bond acceptors (Lipinski definition) is 4.